The Kier molecular flexibility index (Phi) is 3.79. The summed E-state index contributed by atoms with van der Waals surface area (Å²) in [4.78, 5) is 0. The van der Waals surface area contributed by atoms with Crippen LogP contribution >= 0.6 is 27.5 Å². The van der Waals surface area contributed by atoms with Crippen LogP contribution in [0.1, 0.15) is 16.9 Å². The number of hydrogen-bond acceptors (Lipinski definition) is 2. The molecule has 1 heterocycles. The number of rotatable bonds is 3. The minimum absolute atomic E-state index is 0.418. The first-order valence-corrected chi connectivity index (χ1v) is 6.48. The average Bonchev–Trinajstić information content (AvgIpc) is 2.62. The third-order valence-electron chi connectivity index (χ3n) is 2.50. The summed E-state index contributed by atoms with van der Waals surface area (Å²) in [6.07, 6.45) is 0. The van der Waals surface area contributed by atoms with Gasteiger partial charge in [-0.2, -0.15) is 0 Å². The first kappa shape index (κ1) is 12.5. The van der Waals surface area contributed by atoms with Gasteiger partial charge in [0.05, 0.1) is 12.2 Å². The second-order valence-electron chi connectivity index (χ2n) is 4.00. The van der Waals surface area contributed by atoms with Crippen LogP contribution in [0.2, 0.25) is 5.22 Å². The van der Waals surface area contributed by atoms with Crippen molar-refractivity contribution in [3.63, 3.8) is 0 Å². The zero-order valence-corrected chi connectivity index (χ0v) is 12.0. The molecule has 0 saturated heterocycles. The number of benzene rings is 1. The standard InChI is InChI=1S/C13H13BrClNO/c1-8-5-9(2)13(11(14)6-8)16-7-10-3-4-12(15)17-10/h3-6,16H,7H2,1-2H3. The highest BCUT2D eigenvalue weighted by Crippen LogP contribution is 2.28. The lowest BCUT2D eigenvalue weighted by Gasteiger charge is -2.11. The Bertz CT molecular complexity index is 513. The molecule has 4 heteroatoms. The SMILES string of the molecule is Cc1cc(C)c(NCc2ccc(Cl)o2)c(Br)c1. The molecule has 0 saturated carbocycles. The van der Waals surface area contributed by atoms with Crippen LogP contribution in [0.4, 0.5) is 5.69 Å². The van der Waals surface area contributed by atoms with E-state index in [1.165, 1.54) is 11.1 Å². The molecule has 0 aliphatic heterocycles. The lowest BCUT2D eigenvalue weighted by Crippen LogP contribution is -2.01. The molecular formula is C13H13BrClNO. The van der Waals surface area contributed by atoms with E-state index in [1.54, 1.807) is 6.07 Å². The number of halogens is 2. The van der Waals surface area contributed by atoms with Crippen LogP contribution in [-0.4, -0.2) is 0 Å². The Balaban J connectivity index is 2.14. The maximum absolute atomic E-state index is 5.72. The van der Waals surface area contributed by atoms with Gasteiger partial charge >= 0.3 is 0 Å². The Morgan fingerprint density at radius 3 is 2.65 bits per heavy atom. The maximum atomic E-state index is 5.72. The van der Waals surface area contributed by atoms with Crippen LogP contribution in [-0.2, 0) is 6.54 Å². The van der Waals surface area contributed by atoms with Gasteiger partial charge in [-0.15, -0.1) is 0 Å². The summed E-state index contributed by atoms with van der Waals surface area (Å²) in [5.41, 5.74) is 3.53. The third-order valence-corrected chi connectivity index (χ3v) is 3.33. The fourth-order valence-corrected chi connectivity index (χ4v) is 2.74. The van der Waals surface area contributed by atoms with Crippen molar-refractivity contribution >= 4 is 33.2 Å². The van der Waals surface area contributed by atoms with E-state index < -0.39 is 0 Å². The molecule has 1 aromatic heterocycles. The highest BCUT2D eigenvalue weighted by molar-refractivity contribution is 9.10. The molecule has 0 radical (unpaired) electrons. The number of hydrogen-bond donors (Lipinski definition) is 1. The molecule has 2 rings (SSSR count). The molecule has 0 spiro atoms. The molecule has 1 aromatic carbocycles. The molecule has 2 aromatic rings. The summed E-state index contributed by atoms with van der Waals surface area (Å²) in [7, 11) is 0. The minimum Gasteiger partial charge on any atom is -0.448 e. The van der Waals surface area contributed by atoms with E-state index in [4.69, 9.17) is 16.0 Å². The van der Waals surface area contributed by atoms with E-state index in [0.29, 0.717) is 11.8 Å². The second-order valence-corrected chi connectivity index (χ2v) is 5.22. The van der Waals surface area contributed by atoms with E-state index in [-0.39, 0.29) is 0 Å². The van der Waals surface area contributed by atoms with Gasteiger partial charge < -0.3 is 9.73 Å². The monoisotopic (exact) mass is 313 g/mol. The normalized spacial score (nSPS) is 10.6. The summed E-state index contributed by atoms with van der Waals surface area (Å²) < 4.78 is 6.36. The van der Waals surface area contributed by atoms with Gasteiger partial charge in [-0.1, -0.05) is 6.07 Å². The van der Waals surface area contributed by atoms with Gasteiger partial charge in [0.15, 0.2) is 5.22 Å². The van der Waals surface area contributed by atoms with Crippen molar-refractivity contribution in [2.75, 3.05) is 5.32 Å². The van der Waals surface area contributed by atoms with Crippen molar-refractivity contribution in [3.8, 4) is 0 Å². The van der Waals surface area contributed by atoms with Crippen molar-refractivity contribution in [3.05, 3.63) is 50.8 Å². The molecule has 17 heavy (non-hydrogen) atoms. The molecule has 0 atom stereocenters. The largest absolute Gasteiger partial charge is 0.448 e. The molecule has 1 N–H and O–H groups in total. The van der Waals surface area contributed by atoms with E-state index in [0.717, 1.165) is 15.9 Å². The number of furan rings is 1. The van der Waals surface area contributed by atoms with Gasteiger partial charge in [0.1, 0.15) is 5.76 Å². The fraction of sp³-hybridized carbons (Fsp3) is 0.231. The topological polar surface area (TPSA) is 25.2 Å². The smallest absolute Gasteiger partial charge is 0.193 e. The maximum Gasteiger partial charge on any atom is 0.193 e. The van der Waals surface area contributed by atoms with Crippen LogP contribution in [0.5, 0.6) is 0 Å². The van der Waals surface area contributed by atoms with Crippen molar-refractivity contribution in [1.29, 1.82) is 0 Å². The summed E-state index contributed by atoms with van der Waals surface area (Å²) in [6.45, 7) is 4.78. The summed E-state index contributed by atoms with van der Waals surface area (Å²) in [6, 6.07) is 7.84. The fourth-order valence-electron chi connectivity index (χ4n) is 1.76. The molecule has 0 aliphatic carbocycles. The molecular weight excluding hydrogens is 302 g/mol. The van der Waals surface area contributed by atoms with Crippen LogP contribution in [0.15, 0.2) is 33.2 Å². The van der Waals surface area contributed by atoms with E-state index in [9.17, 15) is 0 Å². The molecule has 0 amide bonds. The number of nitrogens with one attached hydrogen (secondary N) is 1. The number of anilines is 1. The molecule has 0 aliphatic rings. The van der Waals surface area contributed by atoms with Crippen molar-refractivity contribution < 1.29 is 4.42 Å². The van der Waals surface area contributed by atoms with Gasteiger partial charge in [-0.3, -0.25) is 0 Å². The lowest BCUT2D eigenvalue weighted by atomic mass is 10.1. The highest BCUT2D eigenvalue weighted by Gasteiger charge is 2.06. The zero-order chi connectivity index (χ0) is 12.4. The van der Waals surface area contributed by atoms with Gasteiger partial charge in [-0.05, 0) is 70.7 Å². The Morgan fingerprint density at radius 2 is 2.06 bits per heavy atom. The third kappa shape index (κ3) is 3.05. The van der Waals surface area contributed by atoms with Gasteiger partial charge in [-0.25, -0.2) is 0 Å². The summed E-state index contributed by atoms with van der Waals surface area (Å²) in [5, 5.41) is 3.76. The van der Waals surface area contributed by atoms with Crippen LogP contribution in [0.25, 0.3) is 0 Å². The van der Waals surface area contributed by atoms with Gasteiger partial charge in [0.2, 0.25) is 0 Å². The molecule has 0 bridgehead atoms. The van der Waals surface area contributed by atoms with Crippen LogP contribution in [0.3, 0.4) is 0 Å². The molecule has 2 nitrogen and oxygen atoms in total. The molecule has 0 unspecified atom stereocenters. The Morgan fingerprint density at radius 1 is 1.29 bits per heavy atom. The van der Waals surface area contributed by atoms with Crippen LogP contribution < -0.4 is 5.32 Å². The van der Waals surface area contributed by atoms with Crippen molar-refractivity contribution in [1.82, 2.24) is 0 Å². The Labute approximate surface area is 114 Å². The first-order chi connectivity index (χ1) is 8.06. The Hall–Kier alpha value is -0.930. The van der Waals surface area contributed by atoms with Crippen molar-refractivity contribution in [2.24, 2.45) is 0 Å². The van der Waals surface area contributed by atoms with E-state index >= 15 is 0 Å². The highest BCUT2D eigenvalue weighted by atomic mass is 79.9. The second kappa shape index (κ2) is 5.15. The number of aryl methyl sites for hydroxylation is 2. The predicted octanol–water partition coefficient (Wildman–Crippen LogP) is 4.92. The average molecular weight is 315 g/mol. The molecule has 90 valence electrons. The predicted molar refractivity (Wildman–Crippen MR) is 74.7 cm³/mol. The first-order valence-electron chi connectivity index (χ1n) is 5.31. The summed E-state index contributed by atoms with van der Waals surface area (Å²) in [5.74, 6) is 0.821. The minimum atomic E-state index is 0.418. The van der Waals surface area contributed by atoms with Gasteiger partial charge in [0.25, 0.3) is 0 Å². The molecule has 0 fully saturated rings. The quantitative estimate of drug-likeness (QED) is 0.869. The van der Waals surface area contributed by atoms with Crippen LogP contribution in [0, 0.1) is 13.8 Å². The lowest BCUT2D eigenvalue weighted by molar-refractivity contribution is 0.520. The van der Waals surface area contributed by atoms with Gasteiger partial charge in [0, 0.05) is 4.47 Å². The van der Waals surface area contributed by atoms with E-state index in [2.05, 4.69) is 47.2 Å². The van der Waals surface area contributed by atoms with E-state index in [1.807, 2.05) is 6.07 Å². The zero-order valence-electron chi connectivity index (χ0n) is 9.68. The summed E-state index contributed by atoms with van der Waals surface area (Å²) >= 11 is 9.28. The van der Waals surface area contributed by atoms with Crippen molar-refractivity contribution in [2.45, 2.75) is 20.4 Å².